The lowest BCUT2D eigenvalue weighted by atomic mass is 10.3. The molecule has 15 heavy (non-hydrogen) atoms. The van der Waals surface area contributed by atoms with Gasteiger partial charge in [-0.15, -0.1) is 0 Å². The van der Waals surface area contributed by atoms with Gasteiger partial charge in [0.15, 0.2) is 11.6 Å². The zero-order chi connectivity index (χ0) is 11.1. The molecule has 0 saturated carbocycles. The van der Waals surface area contributed by atoms with Crippen LogP contribution >= 0.6 is 0 Å². The van der Waals surface area contributed by atoms with E-state index in [-0.39, 0.29) is 24.7 Å². The minimum absolute atomic E-state index is 0.0890. The zero-order valence-corrected chi connectivity index (χ0v) is 8.63. The molecular weight excluding hydrogens is 197 g/mol. The smallest absolute Gasteiger partial charge is 0.223 e. The van der Waals surface area contributed by atoms with Crippen molar-refractivity contribution >= 4 is 5.91 Å². The maximum atomic E-state index is 13.0. The first-order valence-corrected chi connectivity index (χ1v) is 4.88. The third-order valence-corrected chi connectivity index (χ3v) is 1.80. The van der Waals surface area contributed by atoms with E-state index in [1.807, 2.05) is 6.92 Å². The topological polar surface area (TPSA) is 38.3 Å². The molecule has 0 aliphatic carbocycles. The van der Waals surface area contributed by atoms with Crippen LogP contribution in [-0.4, -0.2) is 19.1 Å². The summed E-state index contributed by atoms with van der Waals surface area (Å²) >= 11 is 0. The van der Waals surface area contributed by atoms with E-state index in [2.05, 4.69) is 5.32 Å². The highest BCUT2D eigenvalue weighted by atomic mass is 19.1. The molecule has 0 heterocycles. The lowest BCUT2D eigenvalue weighted by Gasteiger charge is -2.06. The van der Waals surface area contributed by atoms with Crippen molar-refractivity contribution < 1.29 is 13.9 Å². The van der Waals surface area contributed by atoms with Gasteiger partial charge in [0.25, 0.3) is 0 Å². The third kappa shape index (κ3) is 3.97. The van der Waals surface area contributed by atoms with Gasteiger partial charge in [-0.05, 0) is 19.1 Å². The quantitative estimate of drug-likeness (QED) is 0.805. The fraction of sp³-hybridized carbons (Fsp3) is 0.364. The molecule has 82 valence electrons. The predicted molar refractivity (Wildman–Crippen MR) is 55.2 cm³/mol. The Balaban J connectivity index is 2.32. The molecule has 4 heteroatoms. The third-order valence-electron chi connectivity index (χ3n) is 1.80. The number of hydrogen-bond acceptors (Lipinski definition) is 2. The van der Waals surface area contributed by atoms with Crippen molar-refractivity contribution in [3.8, 4) is 5.75 Å². The van der Waals surface area contributed by atoms with Gasteiger partial charge in [-0.2, -0.15) is 0 Å². The number of amides is 1. The number of halogens is 1. The summed E-state index contributed by atoms with van der Waals surface area (Å²) in [5.41, 5.74) is 0. The molecule has 0 aliphatic rings. The van der Waals surface area contributed by atoms with Gasteiger partial charge in [0.2, 0.25) is 5.91 Å². The van der Waals surface area contributed by atoms with Crippen molar-refractivity contribution in [1.82, 2.24) is 5.32 Å². The largest absolute Gasteiger partial charge is 0.490 e. The van der Waals surface area contributed by atoms with Crippen molar-refractivity contribution in [2.75, 3.05) is 13.2 Å². The molecule has 0 radical (unpaired) electrons. The molecule has 1 aromatic carbocycles. The second-order valence-electron chi connectivity index (χ2n) is 2.98. The van der Waals surface area contributed by atoms with E-state index >= 15 is 0 Å². The second-order valence-corrected chi connectivity index (χ2v) is 2.98. The predicted octanol–water partition coefficient (Wildman–Crippen LogP) is 1.73. The minimum atomic E-state index is -0.409. The van der Waals surface area contributed by atoms with Crippen LogP contribution in [0.15, 0.2) is 24.3 Å². The first-order valence-electron chi connectivity index (χ1n) is 4.88. The summed E-state index contributed by atoms with van der Waals surface area (Å²) in [6.45, 7) is 2.63. The SMILES string of the molecule is CCNC(=O)CCOc1ccccc1F. The van der Waals surface area contributed by atoms with E-state index in [0.717, 1.165) is 0 Å². The summed E-state index contributed by atoms with van der Waals surface area (Å²) < 4.78 is 18.2. The molecule has 0 bridgehead atoms. The van der Waals surface area contributed by atoms with Crippen LogP contribution in [0.4, 0.5) is 4.39 Å². The summed E-state index contributed by atoms with van der Waals surface area (Å²) in [5, 5.41) is 2.63. The molecule has 0 aromatic heterocycles. The van der Waals surface area contributed by atoms with Gasteiger partial charge in [0, 0.05) is 6.54 Å². The van der Waals surface area contributed by atoms with Crippen LogP contribution in [0.3, 0.4) is 0 Å². The van der Waals surface area contributed by atoms with Crippen LogP contribution in [0, 0.1) is 5.82 Å². The monoisotopic (exact) mass is 211 g/mol. The number of carbonyl (C=O) groups excluding carboxylic acids is 1. The van der Waals surface area contributed by atoms with Gasteiger partial charge in [0.1, 0.15) is 0 Å². The molecular formula is C11H14FNO2. The van der Waals surface area contributed by atoms with E-state index in [1.54, 1.807) is 12.1 Å². The van der Waals surface area contributed by atoms with Crippen molar-refractivity contribution in [3.63, 3.8) is 0 Å². The molecule has 0 saturated heterocycles. The lowest BCUT2D eigenvalue weighted by Crippen LogP contribution is -2.24. The molecule has 3 nitrogen and oxygen atoms in total. The number of nitrogens with one attached hydrogen (secondary N) is 1. The molecule has 0 spiro atoms. The van der Waals surface area contributed by atoms with Crippen LogP contribution in [0.1, 0.15) is 13.3 Å². The molecule has 0 fully saturated rings. The average Bonchev–Trinajstić information content (AvgIpc) is 2.21. The van der Waals surface area contributed by atoms with Crippen molar-refractivity contribution in [2.45, 2.75) is 13.3 Å². The Bertz CT molecular complexity index is 328. The zero-order valence-electron chi connectivity index (χ0n) is 8.63. The molecule has 1 amide bonds. The Kier molecular flexibility index (Phi) is 4.60. The van der Waals surface area contributed by atoms with Crippen LogP contribution in [0.25, 0.3) is 0 Å². The maximum Gasteiger partial charge on any atom is 0.223 e. The number of benzene rings is 1. The van der Waals surface area contributed by atoms with Crippen LogP contribution in [0.2, 0.25) is 0 Å². The average molecular weight is 211 g/mol. The highest BCUT2D eigenvalue weighted by Gasteiger charge is 2.03. The van der Waals surface area contributed by atoms with Crippen LogP contribution in [-0.2, 0) is 4.79 Å². The van der Waals surface area contributed by atoms with Gasteiger partial charge in [-0.1, -0.05) is 12.1 Å². The first kappa shape index (κ1) is 11.5. The normalized spacial score (nSPS) is 9.73. The molecule has 0 atom stereocenters. The van der Waals surface area contributed by atoms with Crippen LogP contribution in [0.5, 0.6) is 5.75 Å². The number of rotatable bonds is 5. The second kappa shape index (κ2) is 6.01. The molecule has 1 rings (SSSR count). The van der Waals surface area contributed by atoms with E-state index in [9.17, 15) is 9.18 Å². The van der Waals surface area contributed by atoms with E-state index < -0.39 is 5.82 Å². The fourth-order valence-corrected chi connectivity index (χ4v) is 1.10. The fourth-order valence-electron chi connectivity index (χ4n) is 1.10. The minimum Gasteiger partial charge on any atom is -0.490 e. The summed E-state index contributed by atoms with van der Waals surface area (Å²) in [7, 11) is 0. The molecule has 0 unspecified atom stereocenters. The van der Waals surface area contributed by atoms with Gasteiger partial charge in [-0.25, -0.2) is 4.39 Å². The van der Waals surface area contributed by atoms with E-state index in [1.165, 1.54) is 12.1 Å². The molecule has 1 N–H and O–H groups in total. The number of hydrogen-bond donors (Lipinski definition) is 1. The Morgan fingerprint density at radius 3 is 2.87 bits per heavy atom. The highest BCUT2D eigenvalue weighted by molar-refractivity contribution is 5.75. The van der Waals surface area contributed by atoms with Gasteiger partial charge in [0.05, 0.1) is 13.0 Å². The van der Waals surface area contributed by atoms with Crippen molar-refractivity contribution in [1.29, 1.82) is 0 Å². The van der Waals surface area contributed by atoms with E-state index in [4.69, 9.17) is 4.74 Å². The van der Waals surface area contributed by atoms with Crippen molar-refractivity contribution in [2.24, 2.45) is 0 Å². The number of para-hydroxylation sites is 1. The Hall–Kier alpha value is -1.58. The Morgan fingerprint density at radius 1 is 1.47 bits per heavy atom. The van der Waals surface area contributed by atoms with Gasteiger partial charge < -0.3 is 10.1 Å². The van der Waals surface area contributed by atoms with Crippen LogP contribution < -0.4 is 10.1 Å². The number of carbonyl (C=O) groups is 1. The summed E-state index contributed by atoms with van der Waals surface area (Å²) in [6.07, 6.45) is 0.238. The molecule has 1 aromatic rings. The van der Waals surface area contributed by atoms with Gasteiger partial charge in [-0.3, -0.25) is 4.79 Å². The first-order chi connectivity index (χ1) is 7.24. The maximum absolute atomic E-state index is 13.0. The highest BCUT2D eigenvalue weighted by Crippen LogP contribution is 2.15. The Labute approximate surface area is 88.2 Å². The standard InChI is InChI=1S/C11H14FNO2/c1-2-13-11(14)7-8-15-10-6-4-3-5-9(10)12/h3-6H,2,7-8H2,1H3,(H,13,14). The number of ether oxygens (including phenoxy) is 1. The summed E-state index contributed by atoms with van der Waals surface area (Å²) in [5.74, 6) is -0.316. The van der Waals surface area contributed by atoms with Gasteiger partial charge >= 0.3 is 0 Å². The summed E-state index contributed by atoms with van der Waals surface area (Å²) in [4.78, 5) is 11.0. The molecule has 0 aliphatic heterocycles. The summed E-state index contributed by atoms with van der Waals surface area (Å²) in [6, 6.07) is 6.13. The Morgan fingerprint density at radius 2 is 2.20 bits per heavy atom. The lowest BCUT2D eigenvalue weighted by molar-refractivity contribution is -0.121. The van der Waals surface area contributed by atoms with E-state index in [0.29, 0.717) is 6.54 Å². The van der Waals surface area contributed by atoms with Crippen molar-refractivity contribution in [3.05, 3.63) is 30.1 Å².